The lowest BCUT2D eigenvalue weighted by Gasteiger charge is -2.08. The Kier molecular flexibility index (Phi) is 7.42. The van der Waals surface area contributed by atoms with E-state index in [1.165, 1.54) is 12.3 Å². The second kappa shape index (κ2) is 10.4. The average Bonchev–Trinajstić information content (AvgIpc) is 2.79. The number of carbonyl (C=O) groups excluding carboxylic acids is 3. The second-order valence-corrected chi connectivity index (χ2v) is 7.06. The van der Waals surface area contributed by atoms with E-state index < -0.39 is 29.5 Å². The van der Waals surface area contributed by atoms with Crippen molar-refractivity contribution in [1.82, 2.24) is 5.43 Å². The fraction of sp³-hybridized carbons (Fsp3) is 0.0833. The van der Waals surface area contributed by atoms with Crippen LogP contribution < -0.4 is 15.5 Å². The van der Waals surface area contributed by atoms with Gasteiger partial charge in [-0.05, 0) is 61.0 Å². The molecule has 0 aliphatic heterocycles. The van der Waals surface area contributed by atoms with Gasteiger partial charge in [0.05, 0.1) is 17.3 Å². The molecule has 174 valence electrons. The molecule has 0 heterocycles. The molecule has 0 saturated carbocycles. The monoisotopic (exact) mass is 469 g/mol. The maximum atomic E-state index is 12.6. The summed E-state index contributed by atoms with van der Waals surface area (Å²) in [7, 11) is 0. The van der Waals surface area contributed by atoms with Crippen molar-refractivity contribution in [3.05, 3.63) is 95.1 Å². The number of nitrogens with one attached hydrogen (secondary N) is 2. The van der Waals surface area contributed by atoms with Gasteiger partial charge in [-0.25, -0.2) is 10.2 Å². The van der Waals surface area contributed by atoms with Crippen molar-refractivity contribution in [3.8, 4) is 5.75 Å². The number of amides is 2. The lowest BCUT2D eigenvalue weighted by molar-refractivity contribution is -0.137. The highest BCUT2D eigenvalue weighted by molar-refractivity contribution is 6.39. The summed E-state index contributed by atoms with van der Waals surface area (Å²) in [5.74, 6) is -2.53. The van der Waals surface area contributed by atoms with Crippen LogP contribution in [0, 0.1) is 6.92 Å². The molecule has 0 bridgehead atoms. The molecular formula is C24H18F3N3O4. The molecule has 3 aromatic rings. The molecule has 7 nitrogen and oxygen atoms in total. The summed E-state index contributed by atoms with van der Waals surface area (Å²) < 4.78 is 43.0. The number of hydrogen-bond acceptors (Lipinski definition) is 5. The molecule has 0 fully saturated rings. The smallest absolute Gasteiger partial charge is 0.416 e. The average molecular weight is 469 g/mol. The van der Waals surface area contributed by atoms with Crippen LogP contribution >= 0.6 is 0 Å². The fourth-order valence-electron chi connectivity index (χ4n) is 2.66. The van der Waals surface area contributed by atoms with Crippen LogP contribution in [0.4, 0.5) is 18.9 Å². The molecule has 34 heavy (non-hydrogen) atoms. The van der Waals surface area contributed by atoms with Gasteiger partial charge in [-0.15, -0.1) is 0 Å². The van der Waals surface area contributed by atoms with E-state index in [9.17, 15) is 27.6 Å². The molecule has 0 aliphatic rings. The minimum atomic E-state index is -4.51. The van der Waals surface area contributed by atoms with Crippen molar-refractivity contribution in [3.63, 3.8) is 0 Å². The van der Waals surface area contributed by atoms with E-state index in [0.29, 0.717) is 11.1 Å². The standard InChI is InChI=1S/C24H18F3N3O4/c1-15-5-7-17(8-6-15)23(33)34-20-4-2-3-16(13-20)14-28-30-22(32)21(31)29-19-11-9-18(10-12-19)24(25,26)27/h2-14H,1H3,(H,29,31)(H,30,32). The number of benzene rings is 3. The van der Waals surface area contributed by atoms with E-state index in [2.05, 4.69) is 10.4 Å². The summed E-state index contributed by atoms with van der Waals surface area (Å²) in [4.78, 5) is 36.0. The Hall–Kier alpha value is -4.47. The first-order chi connectivity index (χ1) is 16.1. The third-order valence-corrected chi connectivity index (χ3v) is 4.41. The van der Waals surface area contributed by atoms with Crippen LogP contribution in [0.15, 0.2) is 77.9 Å². The van der Waals surface area contributed by atoms with E-state index in [0.717, 1.165) is 29.8 Å². The molecule has 0 spiro atoms. The zero-order valence-electron chi connectivity index (χ0n) is 17.7. The van der Waals surface area contributed by atoms with Crippen LogP contribution in [0.3, 0.4) is 0 Å². The highest BCUT2D eigenvalue weighted by Crippen LogP contribution is 2.29. The number of hydrogen-bond donors (Lipinski definition) is 2. The quantitative estimate of drug-likeness (QED) is 0.191. The molecule has 0 aromatic heterocycles. The molecular weight excluding hydrogens is 451 g/mol. The summed E-state index contributed by atoms with van der Waals surface area (Å²) in [6, 6.07) is 16.8. The van der Waals surface area contributed by atoms with Crippen LogP contribution in [-0.4, -0.2) is 24.0 Å². The molecule has 0 saturated heterocycles. The van der Waals surface area contributed by atoms with Crippen LogP contribution in [0.5, 0.6) is 5.75 Å². The maximum absolute atomic E-state index is 12.6. The number of halogens is 3. The Labute approximate surface area is 192 Å². The first-order valence-corrected chi connectivity index (χ1v) is 9.82. The van der Waals surface area contributed by atoms with E-state index in [4.69, 9.17) is 4.74 Å². The number of carbonyl (C=O) groups is 3. The van der Waals surface area contributed by atoms with Gasteiger partial charge in [-0.3, -0.25) is 9.59 Å². The number of rotatable bonds is 5. The minimum Gasteiger partial charge on any atom is -0.423 e. The third-order valence-electron chi connectivity index (χ3n) is 4.41. The zero-order chi connectivity index (χ0) is 24.7. The summed E-state index contributed by atoms with van der Waals surface area (Å²) in [6.45, 7) is 1.90. The highest BCUT2D eigenvalue weighted by atomic mass is 19.4. The fourth-order valence-corrected chi connectivity index (χ4v) is 2.66. The molecule has 3 rings (SSSR count). The van der Waals surface area contributed by atoms with Gasteiger partial charge in [0.25, 0.3) is 0 Å². The van der Waals surface area contributed by atoms with Crippen molar-refractivity contribution in [2.45, 2.75) is 13.1 Å². The number of alkyl halides is 3. The Morgan fingerprint density at radius 2 is 1.59 bits per heavy atom. The van der Waals surface area contributed by atoms with E-state index >= 15 is 0 Å². The van der Waals surface area contributed by atoms with Crippen LogP contribution in [-0.2, 0) is 15.8 Å². The topological polar surface area (TPSA) is 96.9 Å². The van der Waals surface area contributed by atoms with Crippen molar-refractivity contribution < 1.29 is 32.3 Å². The normalized spacial score (nSPS) is 11.2. The van der Waals surface area contributed by atoms with Gasteiger partial charge in [0.1, 0.15) is 5.75 Å². The first-order valence-electron chi connectivity index (χ1n) is 9.82. The van der Waals surface area contributed by atoms with Crippen LogP contribution in [0.25, 0.3) is 0 Å². The molecule has 0 aliphatic carbocycles. The van der Waals surface area contributed by atoms with Crippen molar-refractivity contribution in [2.75, 3.05) is 5.32 Å². The Bertz CT molecular complexity index is 1220. The van der Waals surface area contributed by atoms with Crippen LogP contribution in [0.1, 0.15) is 27.0 Å². The lowest BCUT2D eigenvalue weighted by Crippen LogP contribution is -2.32. The van der Waals surface area contributed by atoms with Gasteiger partial charge in [-0.2, -0.15) is 18.3 Å². The summed E-state index contributed by atoms with van der Waals surface area (Å²) >= 11 is 0. The SMILES string of the molecule is Cc1ccc(C(=O)Oc2cccc(C=NNC(=O)C(=O)Nc3ccc(C(F)(F)F)cc3)c2)cc1. The molecule has 0 atom stereocenters. The third kappa shape index (κ3) is 6.76. The maximum Gasteiger partial charge on any atom is 0.416 e. The molecule has 3 aromatic carbocycles. The van der Waals surface area contributed by atoms with Crippen molar-refractivity contribution in [1.29, 1.82) is 0 Å². The molecule has 0 radical (unpaired) electrons. The number of aryl methyl sites for hydroxylation is 1. The molecule has 0 unspecified atom stereocenters. The Morgan fingerprint density at radius 1 is 0.912 bits per heavy atom. The molecule has 2 amide bonds. The largest absolute Gasteiger partial charge is 0.423 e. The number of nitrogens with zero attached hydrogens (tertiary/aromatic N) is 1. The number of esters is 1. The zero-order valence-corrected chi connectivity index (χ0v) is 17.7. The van der Waals surface area contributed by atoms with Crippen molar-refractivity contribution >= 4 is 29.7 Å². The molecule has 2 N–H and O–H groups in total. The van der Waals surface area contributed by atoms with E-state index in [-0.39, 0.29) is 11.4 Å². The van der Waals surface area contributed by atoms with Gasteiger partial charge < -0.3 is 10.1 Å². The predicted molar refractivity (Wildman–Crippen MR) is 118 cm³/mol. The van der Waals surface area contributed by atoms with Gasteiger partial charge in [-0.1, -0.05) is 29.8 Å². The Balaban J connectivity index is 1.54. The highest BCUT2D eigenvalue weighted by Gasteiger charge is 2.30. The van der Waals surface area contributed by atoms with E-state index in [1.54, 1.807) is 42.5 Å². The van der Waals surface area contributed by atoms with E-state index in [1.807, 2.05) is 12.3 Å². The van der Waals surface area contributed by atoms with Gasteiger partial charge >= 0.3 is 24.0 Å². The lowest BCUT2D eigenvalue weighted by atomic mass is 10.1. The summed E-state index contributed by atoms with van der Waals surface area (Å²) in [6.07, 6.45) is -3.28. The van der Waals surface area contributed by atoms with Gasteiger partial charge in [0.2, 0.25) is 0 Å². The predicted octanol–water partition coefficient (Wildman–Crippen LogP) is 4.32. The Morgan fingerprint density at radius 3 is 2.24 bits per heavy atom. The van der Waals surface area contributed by atoms with Gasteiger partial charge in [0, 0.05) is 5.69 Å². The molecule has 10 heteroatoms. The minimum absolute atomic E-state index is 0.0141. The van der Waals surface area contributed by atoms with Crippen LogP contribution in [0.2, 0.25) is 0 Å². The van der Waals surface area contributed by atoms with Gasteiger partial charge in [0.15, 0.2) is 0 Å². The summed E-state index contributed by atoms with van der Waals surface area (Å²) in [5, 5.41) is 5.83. The number of hydrazone groups is 1. The summed E-state index contributed by atoms with van der Waals surface area (Å²) in [5.41, 5.74) is 3.00. The number of anilines is 1. The second-order valence-electron chi connectivity index (χ2n) is 7.06. The number of ether oxygens (including phenoxy) is 1. The first kappa shape index (κ1) is 24.2. The van der Waals surface area contributed by atoms with Crippen molar-refractivity contribution in [2.24, 2.45) is 5.10 Å².